The fourth-order valence-corrected chi connectivity index (χ4v) is 2.97. The van der Waals surface area contributed by atoms with E-state index in [-0.39, 0.29) is 5.41 Å². The second kappa shape index (κ2) is 6.28. The molecule has 0 amide bonds. The molecule has 0 heterocycles. The summed E-state index contributed by atoms with van der Waals surface area (Å²) >= 11 is 0. The van der Waals surface area contributed by atoms with Crippen molar-refractivity contribution in [2.45, 2.75) is 65.7 Å². The summed E-state index contributed by atoms with van der Waals surface area (Å²) in [6, 6.07) is 15.7. The number of hydrogen-bond acceptors (Lipinski definition) is 0. The first kappa shape index (κ1) is 16.8. The number of rotatable bonds is 3. The van der Waals surface area contributed by atoms with Gasteiger partial charge in [-0.2, -0.15) is 0 Å². The molecule has 22 heavy (non-hydrogen) atoms. The smallest absolute Gasteiger partial charge is 0.0114 e. The van der Waals surface area contributed by atoms with E-state index in [2.05, 4.69) is 90.9 Å². The van der Waals surface area contributed by atoms with Gasteiger partial charge in [-0.05, 0) is 45.1 Å². The van der Waals surface area contributed by atoms with E-state index in [1.165, 1.54) is 27.8 Å². The summed E-state index contributed by atoms with van der Waals surface area (Å²) in [5.74, 6) is 1.05. The van der Waals surface area contributed by atoms with Gasteiger partial charge in [0.05, 0.1) is 0 Å². The average Bonchev–Trinajstić information content (AvgIpc) is 2.45. The van der Waals surface area contributed by atoms with E-state index >= 15 is 0 Å². The van der Waals surface area contributed by atoms with Crippen molar-refractivity contribution in [1.29, 1.82) is 0 Å². The van der Waals surface area contributed by atoms with Gasteiger partial charge in [-0.25, -0.2) is 0 Å². The van der Waals surface area contributed by atoms with Gasteiger partial charge in [-0.1, -0.05) is 90.9 Å². The first-order valence-electron chi connectivity index (χ1n) is 8.45. The Bertz CT molecular complexity index is 596. The quantitative estimate of drug-likeness (QED) is 0.577. The van der Waals surface area contributed by atoms with Crippen molar-refractivity contribution in [3.8, 4) is 11.1 Å². The van der Waals surface area contributed by atoms with Crippen LogP contribution in [0.1, 0.15) is 77.0 Å². The number of hydrogen-bond donors (Lipinski definition) is 0. The molecule has 2 aromatic rings. The Hall–Kier alpha value is -1.56. The summed E-state index contributed by atoms with van der Waals surface area (Å²) in [7, 11) is 0. The highest BCUT2D eigenvalue weighted by atomic mass is 14.3. The van der Waals surface area contributed by atoms with Gasteiger partial charge in [0.15, 0.2) is 0 Å². The Morgan fingerprint density at radius 1 is 0.727 bits per heavy atom. The van der Waals surface area contributed by atoms with Crippen molar-refractivity contribution in [3.05, 3.63) is 59.2 Å². The van der Waals surface area contributed by atoms with E-state index in [0.29, 0.717) is 11.8 Å². The van der Waals surface area contributed by atoms with E-state index in [1.807, 2.05) is 0 Å². The molecule has 0 saturated carbocycles. The highest BCUT2D eigenvalue weighted by Crippen LogP contribution is 2.39. The number of benzene rings is 2. The normalized spacial score (nSPS) is 12.2. The Morgan fingerprint density at radius 2 is 1.18 bits per heavy atom. The molecule has 0 unspecified atom stereocenters. The Kier molecular flexibility index (Phi) is 4.80. The van der Waals surface area contributed by atoms with Crippen molar-refractivity contribution in [3.63, 3.8) is 0 Å². The molecule has 0 aliphatic carbocycles. The van der Waals surface area contributed by atoms with Crippen LogP contribution in [0.25, 0.3) is 11.1 Å². The van der Waals surface area contributed by atoms with Crippen LogP contribution in [0, 0.1) is 0 Å². The molecule has 2 aromatic carbocycles. The van der Waals surface area contributed by atoms with E-state index in [4.69, 9.17) is 0 Å². The predicted molar refractivity (Wildman–Crippen MR) is 98.8 cm³/mol. The molecule has 0 fully saturated rings. The zero-order valence-corrected chi connectivity index (χ0v) is 15.2. The van der Waals surface area contributed by atoms with Crippen LogP contribution in [0.4, 0.5) is 0 Å². The zero-order valence-electron chi connectivity index (χ0n) is 15.2. The van der Waals surface area contributed by atoms with Gasteiger partial charge < -0.3 is 0 Å². The van der Waals surface area contributed by atoms with Crippen molar-refractivity contribution >= 4 is 0 Å². The van der Waals surface area contributed by atoms with Crippen LogP contribution in [0.3, 0.4) is 0 Å². The molecule has 0 heteroatoms. The molecular weight excluding hydrogens is 264 g/mol. The maximum Gasteiger partial charge on any atom is -0.0114 e. The van der Waals surface area contributed by atoms with E-state index < -0.39 is 0 Å². The third-order valence-corrected chi connectivity index (χ3v) is 4.37. The standard InChI is InChI=1S/C22H30/c1-15(2)19-13-18(22(5,6)7)14-20(16(3)4)21(19)17-11-9-8-10-12-17/h8-16H,1-7H3. The lowest BCUT2D eigenvalue weighted by Crippen LogP contribution is -2.14. The SMILES string of the molecule is CC(C)c1cc(C(C)(C)C)cc(C(C)C)c1-c1ccccc1. The first-order chi connectivity index (χ1) is 10.2. The van der Waals surface area contributed by atoms with Gasteiger partial charge in [-0.15, -0.1) is 0 Å². The second-order valence-corrected chi connectivity index (χ2v) is 7.96. The average molecular weight is 294 g/mol. The van der Waals surface area contributed by atoms with Crippen molar-refractivity contribution in [2.75, 3.05) is 0 Å². The maximum atomic E-state index is 2.43. The molecule has 0 bridgehead atoms. The zero-order chi connectivity index (χ0) is 16.5. The Balaban J connectivity index is 2.80. The van der Waals surface area contributed by atoms with Gasteiger partial charge in [0.25, 0.3) is 0 Å². The van der Waals surface area contributed by atoms with E-state index in [0.717, 1.165) is 0 Å². The lowest BCUT2D eigenvalue weighted by Gasteiger charge is -2.27. The van der Waals surface area contributed by atoms with Crippen LogP contribution >= 0.6 is 0 Å². The second-order valence-electron chi connectivity index (χ2n) is 7.96. The summed E-state index contributed by atoms with van der Waals surface area (Å²) in [5.41, 5.74) is 7.36. The monoisotopic (exact) mass is 294 g/mol. The highest BCUT2D eigenvalue weighted by molar-refractivity contribution is 5.73. The molecule has 0 atom stereocenters. The molecular formula is C22H30. The van der Waals surface area contributed by atoms with Crippen LogP contribution in [0.15, 0.2) is 42.5 Å². The van der Waals surface area contributed by atoms with Gasteiger partial charge >= 0.3 is 0 Å². The van der Waals surface area contributed by atoms with Crippen LogP contribution in [0.2, 0.25) is 0 Å². The van der Waals surface area contributed by atoms with Crippen LogP contribution in [-0.2, 0) is 5.41 Å². The molecule has 0 aliphatic heterocycles. The molecule has 0 N–H and O–H groups in total. The van der Waals surface area contributed by atoms with Crippen LogP contribution < -0.4 is 0 Å². The van der Waals surface area contributed by atoms with Gasteiger partial charge in [0, 0.05) is 0 Å². The predicted octanol–water partition coefficient (Wildman–Crippen LogP) is 6.90. The molecule has 0 radical (unpaired) electrons. The fraction of sp³-hybridized carbons (Fsp3) is 0.455. The largest absolute Gasteiger partial charge is 0.0622 e. The van der Waals surface area contributed by atoms with E-state index in [1.54, 1.807) is 0 Å². The minimum absolute atomic E-state index is 0.183. The van der Waals surface area contributed by atoms with Gasteiger partial charge in [0.1, 0.15) is 0 Å². The molecule has 0 aromatic heterocycles. The minimum Gasteiger partial charge on any atom is -0.0622 e. The third-order valence-electron chi connectivity index (χ3n) is 4.37. The minimum atomic E-state index is 0.183. The van der Waals surface area contributed by atoms with Gasteiger partial charge in [0.2, 0.25) is 0 Å². The molecule has 0 saturated heterocycles. The topological polar surface area (TPSA) is 0 Å². The van der Waals surface area contributed by atoms with Crippen LogP contribution in [-0.4, -0.2) is 0 Å². The van der Waals surface area contributed by atoms with Crippen LogP contribution in [0.5, 0.6) is 0 Å². The van der Waals surface area contributed by atoms with E-state index in [9.17, 15) is 0 Å². The fourth-order valence-electron chi connectivity index (χ4n) is 2.97. The lowest BCUT2D eigenvalue weighted by atomic mass is 9.78. The molecule has 2 rings (SSSR count). The molecule has 118 valence electrons. The Labute approximate surface area is 136 Å². The summed E-state index contributed by atoms with van der Waals surface area (Å²) in [4.78, 5) is 0. The summed E-state index contributed by atoms with van der Waals surface area (Å²) in [5, 5.41) is 0. The lowest BCUT2D eigenvalue weighted by molar-refractivity contribution is 0.587. The summed E-state index contributed by atoms with van der Waals surface area (Å²) < 4.78 is 0. The first-order valence-corrected chi connectivity index (χ1v) is 8.45. The third kappa shape index (κ3) is 3.43. The summed E-state index contributed by atoms with van der Waals surface area (Å²) in [6.07, 6.45) is 0. The molecule has 0 aliphatic rings. The van der Waals surface area contributed by atoms with Crippen molar-refractivity contribution < 1.29 is 0 Å². The maximum absolute atomic E-state index is 2.43. The highest BCUT2D eigenvalue weighted by Gasteiger charge is 2.21. The Morgan fingerprint density at radius 3 is 1.55 bits per heavy atom. The van der Waals surface area contributed by atoms with Crippen molar-refractivity contribution in [2.24, 2.45) is 0 Å². The molecule has 0 spiro atoms. The molecule has 0 nitrogen and oxygen atoms in total. The van der Waals surface area contributed by atoms with Gasteiger partial charge in [-0.3, -0.25) is 0 Å². The summed E-state index contributed by atoms with van der Waals surface area (Å²) in [6.45, 7) is 16.1. The van der Waals surface area contributed by atoms with Crippen molar-refractivity contribution in [1.82, 2.24) is 0 Å².